The second-order valence-corrected chi connectivity index (χ2v) is 11.9. The summed E-state index contributed by atoms with van der Waals surface area (Å²) >= 11 is 14.0. The molecule has 0 amide bonds. The van der Waals surface area contributed by atoms with Crippen LogP contribution < -0.4 is 10.0 Å². The van der Waals surface area contributed by atoms with Gasteiger partial charge in [-0.05, 0) is 67.5 Å². The normalized spacial score (nSPS) is 15.8. The second kappa shape index (κ2) is 11.5. The van der Waals surface area contributed by atoms with Crippen molar-refractivity contribution in [3.05, 3.63) is 61.6 Å². The Morgan fingerprint density at radius 3 is 2.56 bits per heavy atom. The van der Waals surface area contributed by atoms with E-state index in [9.17, 15) is 18.5 Å². The van der Waals surface area contributed by atoms with Crippen molar-refractivity contribution in [1.29, 1.82) is 0 Å². The Hall–Kier alpha value is -1.56. The highest BCUT2D eigenvalue weighted by Crippen LogP contribution is 2.34. The van der Waals surface area contributed by atoms with E-state index in [1.54, 1.807) is 25.3 Å². The first-order chi connectivity index (χ1) is 16.1. The zero-order valence-corrected chi connectivity index (χ0v) is 22.0. The number of ether oxygens (including phenoxy) is 1. The number of hydrogen-bond donors (Lipinski definition) is 2. The van der Waals surface area contributed by atoms with Gasteiger partial charge in [0.25, 0.3) is 5.69 Å². The molecule has 1 saturated heterocycles. The quantitative estimate of drug-likeness (QED) is 0.316. The van der Waals surface area contributed by atoms with Gasteiger partial charge >= 0.3 is 0 Å². The van der Waals surface area contributed by atoms with Gasteiger partial charge in [-0.15, -0.1) is 0 Å². The molecule has 1 fully saturated rings. The lowest BCUT2D eigenvalue weighted by atomic mass is 9.96. The van der Waals surface area contributed by atoms with Crippen LogP contribution in [0.4, 0.5) is 11.4 Å². The molecule has 2 N–H and O–H groups in total. The number of methoxy groups -OCH3 is 1. The van der Waals surface area contributed by atoms with Gasteiger partial charge in [0, 0.05) is 41.9 Å². The largest absolute Gasteiger partial charge is 0.381 e. The maximum atomic E-state index is 13.2. The van der Waals surface area contributed by atoms with E-state index in [-0.39, 0.29) is 28.4 Å². The molecule has 8 nitrogen and oxygen atoms in total. The Labute approximate surface area is 213 Å². The molecule has 0 aromatic heterocycles. The van der Waals surface area contributed by atoms with E-state index in [1.165, 1.54) is 19.1 Å². The van der Waals surface area contributed by atoms with Crippen LogP contribution in [0.25, 0.3) is 0 Å². The SMILES string of the molecule is COC1(CNc2cc([N+](=O)[O-])c(C)cc2S(=O)(=O)NCCc2cc(Cl)ccc2Cl)CCSCC1. The average Bonchev–Trinajstić information content (AvgIpc) is 2.80. The third-order valence-electron chi connectivity index (χ3n) is 5.92. The molecule has 0 atom stereocenters. The molecule has 186 valence electrons. The van der Waals surface area contributed by atoms with Gasteiger partial charge in [0.05, 0.1) is 16.2 Å². The van der Waals surface area contributed by atoms with Gasteiger partial charge in [-0.3, -0.25) is 10.1 Å². The molecule has 3 rings (SSSR count). The smallest absolute Gasteiger partial charge is 0.274 e. The average molecular weight is 549 g/mol. The van der Waals surface area contributed by atoms with Crippen molar-refractivity contribution >= 4 is 56.4 Å². The van der Waals surface area contributed by atoms with E-state index >= 15 is 0 Å². The number of nitro groups is 1. The number of halogens is 2. The second-order valence-electron chi connectivity index (χ2n) is 8.13. The van der Waals surface area contributed by atoms with Crippen molar-refractivity contribution in [2.75, 3.05) is 37.0 Å². The van der Waals surface area contributed by atoms with Crippen LogP contribution in [0.2, 0.25) is 10.0 Å². The van der Waals surface area contributed by atoms with Gasteiger partial charge in [-0.2, -0.15) is 11.8 Å². The molecule has 0 unspecified atom stereocenters. The molecule has 1 aliphatic heterocycles. The van der Waals surface area contributed by atoms with E-state index in [4.69, 9.17) is 27.9 Å². The number of sulfonamides is 1. The number of nitrogens with zero attached hydrogens (tertiary/aromatic N) is 1. The summed E-state index contributed by atoms with van der Waals surface area (Å²) in [6.07, 6.45) is 1.93. The summed E-state index contributed by atoms with van der Waals surface area (Å²) in [5.41, 5.74) is 0.526. The summed E-state index contributed by atoms with van der Waals surface area (Å²) in [7, 11) is -2.35. The standard InChI is InChI=1S/C22H27Cl2N3O5S2/c1-15-11-21(34(30,31)26-8-5-16-12-17(23)3-4-18(16)24)19(13-20(15)27(28)29)25-14-22(32-2)6-9-33-10-7-22/h3-4,11-13,25-26H,5-10,14H2,1-2H3. The molecular formula is C22H27Cl2N3O5S2. The Bertz CT molecular complexity index is 1160. The molecule has 2 aromatic carbocycles. The lowest BCUT2D eigenvalue weighted by molar-refractivity contribution is -0.385. The van der Waals surface area contributed by atoms with Crippen LogP contribution in [-0.2, 0) is 21.2 Å². The van der Waals surface area contributed by atoms with Crippen molar-refractivity contribution in [3.63, 3.8) is 0 Å². The third-order valence-corrected chi connectivity index (χ3v) is 9.01. The topological polar surface area (TPSA) is 111 Å². The van der Waals surface area contributed by atoms with Crippen LogP contribution in [0.3, 0.4) is 0 Å². The first-order valence-electron chi connectivity index (χ1n) is 10.7. The predicted molar refractivity (Wildman–Crippen MR) is 138 cm³/mol. The van der Waals surface area contributed by atoms with E-state index in [1.807, 2.05) is 11.8 Å². The Morgan fingerprint density at radius 1 is 1.21 bits per heavy atom. The Kier molecular flexibility index (Phi) is 9.10. The third kappa shape index (κ3) is 6.56. The molecule has 0 spiro atoms. The molecule has 1 aliphatic rings. The van der Waals surface area contributed by atoms with Gasteiger partial charge in [0.15, 0.2) is 0 Å². The van der Waals surface area contributed by atoms with Crippen molar-refractivity contribution in [2.45, 2.75) is 36.7 Å². The monoisotopic (exact) mass is 547 g/mol. The van der Waals surface area contributed by atoms with Crippen LogP contribution in [0.5, 0.6) is 0 Å². The summed E-state index contributed by atoms with van der Waals surface area (Å²) in [6, 6.07) is 7.61. The van der Waals surface area contributed by atoms with Crippen molar-refractivity contribution in [1.82, 2.24) is 4.72 Å². The zero-order valence-electron chi connectivity index (χ0n) is 18.9. The molecule has 0 aliphatic carbocycles. The minimum absolute atomic E-state index is 0.0516. The molecule has 34 heavy (non-hydrogen) atoms. The predicted octanol–water partition coefficient (Wildman–Crippen LogP) is 5.06. The highest BCUT2D eigenvalue weighted by atomic mass is 35.5. The van der Waals surface area contributed by atoms with Crippen LogP contribution >= 0.6 is 35.0 Å². The van der Waals surface area contributed by atoms with E-state index < -0.39 is 20.5 Å². The number of nitrogens with one attached hydrogen (secondary N) is 2. The van der Waals surface area contributed by atoms with Crippen LogP contribution in [0, 0.1) is 17.0 Å². The summed E-state index contributed by atoms with van der Waals surface area (Å²) in [5.74, 6) is 1.87. The van der Waals surface area contributed by atoms with Gasteiger partial charge < -0.3 is 10.1 Å². The van der Waals surface area contributed by atoms with Crippen LogP contribution in [-0.4, -0.2) is 50.6 Å². The number of nitro benzene ring substituents is 1. The first kappa shape index (κ1) is 27.0. The van der Waals surface area contributed by atoms with Crippen LogP contribution in [0.1, 0.15) is 24.0 Å². The fraction of sp³-hybridized carbons (Fsp3) is 0.455. The van der Waals surface area contributed by atoms with E-state index in [2.05, 4.69) is 10.0 Å². The van der Waals surface area contributed by atoms with E-state index in [0.717, 1.165) is 24.3 Å². The summed E-state index contributed by atoms with van der Waals surface area (Å²) in [5, 5.41) is 15.6. The number of thioether (sulfide) groups is 1. The molecule has 1 heterocycles. The summed E-state index contributed by atoms with van der Waals surface area (Å²) in [4.78, 5) is 10.9. The summed E-state index contributed by atoms with van der Waals surface area (Å²) in [6.45, 7) is 1.93. The maximum Gasteiger partial charge on any atom is 0.274 e. The fourth-order valence-corrected chi connectivity index (χ4v) is 6.74. The van der Waals surface area contributed by atoms with Crippen molar-refractivity contribution in [3.8, 4) is 0 Å². The minimum Gasteiger partial charge on any atom is -0.381 e. The number of benzene rings is 2. The van der Waals surface area contributed by atoms with Gasteiger partial charge in [0.2, 0.25) is 10.0 Å². The lowest BCUT2D eigenvalue weighted by Crippen LogP contribution is -2.42. The van der Waals surface area contributed by atoms with Crippen molar-refractivity contribution < 1.29 is 18.1 Å². The van der Waals surface area contributed by atoms with Crippen LogP contribution in [0.15, 0.2) is 35.2 Å². The number of rotatable bonds is 10. The highest BCUT2D eigenvalue weighted by molar-refractivity contribution is 7.99. The molecule has 0 radical (unpaired) electrons. The fourth-order valence-electron chi connectivity index (χ4n) is 3.81. The Morgan fingerprint density at radius 2 is 1.91 bits per heavy atom. The molecule has 0 saturated carbocycles. The minimum atomic E-state index is -3.98. The molecule has 0 bridgehead atoms. The van der Waals surface area contributed by atoms with Gasteiger partial charge in [-0.1, -0.05) is 23.2 Å². The molecule has 2 aromatic rings. The van der Waals surface area contributed by atoms with Gasteiger partial charge in [0.1, 0.15) is 4.90 Å². The number of anilines is 1. The number of aryl methyl sites for hydroxylation is 1. The van der Waals surface area contributed by atoms with Gasteiger partial charge in [-0.25, -0.2) is 13.1 Å². The van der Waals surface area contributed by atoms with E-state index in [0.29, 0.717) is 28.6 Å². The Balaban J connectivity index is 1.85. The first-order valence-corrected chi connectivity index (χ1v) is 14.1. The van der Waals surface area contributed by atoms with Crippen molar-refractivity contribution in [2.24, 2.45) is 0 Å². The summed E-state index contributed by atoms with van der Waals surface area (Å²) < 4.78 is 34.8. The zero-order chi connectivity index (χ0) is 24.9. The molecular weight excluding hydrogens is 521 g/mol. The lowest BCUT2D eigenvalue weighted by Gasteiger charge is -2.36. The molecule has 12 heteroatoms. The number of hydrogen-bond acceptors (Lipinski definition) is 7. The highest BCUT2D eigenvalue weighted by Gasteiger charge is 2.33. The maximum absolute atomic E-state index is 13.2.